The molecule has 0 spiro atoms. The number of hydrogen-bond donors (Lipinski definition) is 2. The number of carbonyl (C=O) groups excluding carboxylic acids is 4. The van der Waals surface area contributed by atoms with Crippen LogP contribution in [0.5, 0.6) is 0 Å². The van der Waals surface area contributed by atoms with Crippen molar-refractivity contribution in [1.29, 1.82) is 0 Å². The molecule has 0 bridgehead atoms. The van der Waals surface area contributed by atoms with Gasteiger partial charge in [-0.05, 0) is 12.5 Å². The number of esters is 1. The fraction of sp³-hybridized carbons (Fsp3) is 0.375. The molecule has 1 atom stereocenters. The Morgan fingerprint density at radius 2 is 1.75 bits per heavy atom. The van der Waals surface area contributed by atoms with Crippen LogP contribution in [-0.2, 0) is 23.9 Å². The monoisotopic (exact) mass is 336 g/mol. The molecule has 1 aromatic carbocycles. The number of benzene rings is 1. The lowest BCUT2D eigenvalue weighted by atomic mass is 10.0. The molecule has 1 rings (SSSR count). The number of amides is 3. The molecule has 130 valence electrons. The lowest BCUT2D eigenvalue weighted by Crippen LogP contribution is -2.35. The van der Waals surface area contributed by atoms with Gasteiger partial charge in [0.2, 0.25) is 5.91 Å². The maximum Gasteiger partial charge on any atom is 0.413 e. The third-order valence-corrected chi connectivity index (χ3v) is 2.83. The summed E-state index contributed by atoms with van der Waals surface area (Å²) in [6.45, 7) is 2.44. The molecule has 0 aliphatic carbocycles. The fourth-order valence-corrected chi connectivity index (χ4v) is 1.87. The van der Waals surface area contributed by atoms with Gasteiger partial charge < -0.3 is 14.8 Å². The number of hydrogen-bond acceptors (Lipinski definition) is 6. The quantitative estimate of drug-likeness (QED) is 0.721. The van der Waals surface area contributed by atoms with Gasteiger partial charge in [0.05, 0.1) is 19.1 Å². The molecule has 3 amide bonds. The Morgan fingerprint density at radius 3 is 2.33 bits per heavy atom. The average molecular weight is 336 g/mol. The highest BCUT2D eigenvalue weighted by atomic mass is 16.6. The molecule has 0 radical (unpaired) electrons. The third-order valence-electron chi connectivity index (χ3n) is 2.83. The smallest absolute Gasteiger partial charge is 0.413 e. The van der Waals surface area contributed by atoms with Gasteiger partial charge in [-0.1, -0.05) is 30.3 Å². The lowest BCUT2D eigenvalue weighted by Gasteiger charge is -2.17. The highest BCUT2D eigenvalue weighted by molar-refractivity contribution is 5.93. The van der Waals surface area contributed by atoms with E-state index >= 15 is 0 Å². The summed E-state index contributed by atoms with van der Waals surface area (Å²) >= 11 is 0. The Kier molecular flexibility index (Phi) is 7.97. The van der Waals surface area contributed by atoms with Gasteiger partial charge in [-0.2, -0.15) is 0 Å². The largest absolute Gasteiger partial charge is 0.455 e. The maximum atomic E-state index is 11.9. The van der Waals surface area contributed by atoms with Crippen LogP contribution in [0.3, 0.4) is 0 Å². The van der Waals surface area contributed by atoms with Gasteiger partial charge in [0.1, 0.15) is 0 Å². The minimum atomic E-state index is -0.904. The number of carbonyl (C=O) groups is 4. The predicted molar refractivity (Wildman–Crippen MR) is 83.7 cm³/mol. The number of ether oxygens (including phenoxy) is 2. The number of rotatable bonds is 7. The van der Waals surface area contributed by atoms with Crippen molar-refractivity contribution in [2.75, 3.05) is 13.2 Å². The molecule has 0 heterocycles. The topological polar surface area (TPSA) is 111 Å². The van der Waals surface area contributed by atoms with Crippen LogP contribution in [0.15, 0.2) is 30.3 Å². The molecule has 2 N–H and O–H groups in total. The fourth-order valence-electron chi connectivity index (χ4n) is 1.87. The SMILES string of the molecule is CCOC(=O)NC(=O)COC(=O)C[C@H](NC(C)=O)c1ccccc1. The summed E-state index contributed by atoms with van der Waals surface area (Å²) in [5.74, 6) is -1.77. The van der Waals surface area contributed by atoms with E-state index in [9.17, 15) is 19.2 Å². The molecule has 0 saturated carbocycles. The normalized spacial score (nSPS) is 11.1. The van der Waals surface area contributed by atoms with Gasteiger partial charge in [0.15, 0.2) is 6.61 Å². The van der Waals surface area contributed by atoms with Crippen LogP contribution >= 0.6 is 0 Å². The number of nitrogens with one attached hydrogen (secondary N) is 2. The lowest BCUT2D eigenvalue weighted by molar-refractivity contribution is -0.149. The Balaban J connectivity index is 2.52. The zero-order valence-corrected chi connectivity index (χ0v) is 13.5. The van der Waals surface area contributed by atoms with E-state index in [1.165, 1.54) is 6.92 Å². The van der Waals surface area contributed by atoms with Crippen molar-refractivity contribution in [1.82, 2.24) is 10.6 Å². The summed E-state index contributed by atoms with van der Waals surface area (Å²) < 4.78 is 9.33. The van der Waals surface area contributed by atoms with Gasteiger partial charge >= 0.3 is 12.1 Å². The molecule has 0 aliphatic heterocycles. The maximum absolute atomic E-state index is 11.9. The van der Waals surface area contributed by atoms with Gasteiger partial charge in [0, 0.05) is 6.92 Å². The highest BCUT2D eigenvalue weighted by Crippen LogP contribution is 2.17. The first-order valence-electron chi connectivity index (χ1n) is 7.36. The molecule has 0 aliphatic rings. The van der Waals surface area contributed by atoms with Crippen LogP contribution in [0.1, 0.15) is 31.9 Å². The van der Waals surface area contributed by atoms with Crippen LogP contribution in [0.2, 0.25) is 0 Å². The minimum Gasteiger partial charge on any atom is -0.455 e. The van der Waals surface area contributed by atoms with E-state index in [0.29, 0.717) is 0 Å². The van der Waals surface area contributed by atoms with Crippen molar-refractivity contribution in [3.63, 3.8) is 0 Å². The highest BCUT2D eigenvalue weighted by Gasteiger charge is 2.19. The van der Waals surface area contributed by atoms with Crippen molar-refractivity contribution >= 4 is 23.9 Å². The Hall–Kier alpha value is -2.90. The van der Waals surface area contributed by atoms with E-state index in [-0.39, 0.29) is 18.9 Å². The molecule has 0 fully saturated rings. The van der Waals surface area contributed by atoms with E-state index < -0.39 is 30.6 Å². The second kappa shape index (κ2) is 9.98. The molecular weight excluding hydrogens is 316 g/mol. The molecule has 8 nitrogen and oxygen atoms in total. The number of imide groups is 1. The summed E-state index contributed by atoms with van der Waals surface area (Å²) in [4.78, 5) is 45.6. The standard InChI is InChI=1S/C16H20N2O6/c1-3-23-16(22)18-14(20)10-24-15(21)9-13(17-11(2)19)12-7-5-4-6-8-12/h4-8,13H,3,9-10H2,1-2H3,(H,17,19)(H,18,20,22)/t13-/m0/s1. The van der Waals surface area contributed by atoms with Crippen molar-refractivity contribution in [3.8, 4) is 0 Å². The molecule has 0 saturated heterocycles. The Labute approximate surface area is 139 Å². The molecule has 0 unspecified atom stereocenters. The number of alkyl carbamates (subject to hydrolysis) is 1. The zero-order valence-electron chi connectivity index (χ0n) is 13.5. The second-order valence-corrected chi connectivity index (χ2v) is 4.80. The Morgan fingerprint density at radius 1 is 1.08 bits per heavy atom. The molecule has 1 aromatic rings. The predicted octanol–water partition coefficient (Wildman–Crippen LogP) is 1.07. The van der Waals surface area contributed by atoms with E-state index in [0.717, 1.165) is 5.56 Å². The summed E-state index contributed by atoms with van der Waals surface area (Å²) in [7, 11) is 0. The minimum absolute atomic E-state index is 0.119. The summed E-state index contributed by atoms with van der Waals surface area (Å²) in [6, 6.07) is 8.34. The van der Waals surface area contributed by atoms with Crippen molar-refractivity contribution in [2.45, 2.75) is 26.3 Å². The van der Waals surface area contributed by atoms with Gasteiger partial charge in [-0.3, -0.25) is 19.7 Å². The van der Waals surface area contributed by atoms with Crippen molar-refractivity contribution in [3.05, 3.63) is 35.9 Å². The van der Waals surface area contributed by atoms with Gasteiger partial charge in [-0.15, -0.1) is 0 Å². The first kappa shape index (κ1) is 19.1. The van der Waals surface area contributed by atoms with E-state index in [1.54, 1.807) is 31.2 Å². The van der Waals surface area contributed by atoms with Crippen molar-refractivity contribution in [2.24, 2.45) is 0 Å². The van der Waals surface area contributed by atoms with Gasteiger partial charge in [0.25, 0.3) is 5.91 Å². The van der Waals surface area contributed by atoms with Crippen LogP contribution in [0, 0.1) is 0 Å². The van der Waals surface area contributed by atoms with E-state index in [4.69, 9.17) is 4.74 Å². The molecule has 8 heteroatoms. The summed E-state index contributed by atoms with van der Waals surface area (Å²) in [5, 5.41) is 4.56. The average Bonchev–Trinajstić information content (AvgIpc) is 2.53. The first-order chi connectivity index (χ1) is 11.4. The van der Waals surface area contributed by atoms with Crippen LogP contribution in [0.4, 0.5) is 4.79 Å². The Bertz CT molecular complexity index is 587. The van der Waals surface area contributed by atoms with Gasteiger partial charge in [-0.25, -0.2) is 4.79 Å². The molecule has 0 aromatic heterocycles. The van der Waals surface area contributed by atoms with E-state index in [2.05, 4.69) is 10.1 Å². The second-order valence-electron chi connectivity index (χ2n) is 4.80. The van der Waals surface area contributed by atoms with Crippen molar-refractivity contribution < 1.29 is 28.7 Å². The zero-order chi connectivity index (χ0) is 17.9. The molecule has 24 heavy (non-hydrogen) atoms. The van der Waals surface area contributed by atoms with Crippen LogP contribution < -0.4 is 10.6 Å². The van der Waals surface area contributed by atoms with Crippen LogP contribution in [0.25, 0.3) is 0 Å². The summed E-state index contributed by atoms with van der Waals surface area (Å²) in [6.07, 6.45) is -1.05. The molecular formula is C16H20N2O6. The van der Waals surface area contributed by atoms with E-state index in [1.807, 2.05) is 11.4 Å². The third kappa shape index (κ3) is 7.39. The van der Waals surface area contributed by atoms with Crippen LogP contribution in [-0.4, -0.2) is 37.1 Å². The first-order valence-corrected chi connectivity index (χ1v) is 7.36. The summed E-state index contributed by atoms with van der Waals surface area (Å²) in [5.41, 5.74) is 0.737.